The number of benzene rings is 2. The van der Waals surface area contributed by atoms with Crippen LogP contribution in [0.1, 0.15) is 18.9 Å². The van der Waals surface area contributed by atoms with Crippen molar-refractivity contribution < 1.29 is 23.4 Å². The van der Waals surface area contributed by atoms with Gasteiger partial charge >= 0.3 is 5.63 Å². The van der Waals surface area contributed by atoms with Crippen LogP contribution in [0.5, 0.6) is 17.2 Å². The average molecular weight is 423 g/mol. The summed E-state index contributed by atoms with van der Waals surface area (Å²) in [5, 5.41) is 0.881. The van der Waals surface area contributed by atoms with Crippen LogP contribution >= 0.6 is 0 Å². The Morgan fingerprint density at radius 1 is 1.16 bits per heavy atom. The fraction of sp³-hybridized carbons (Fsp3) is 0.333. The quantitative estimate of drug-likeness (QED) is 0.542. The summed E-state index contributed by atoms with van der Waals surface area (Å²) in [7, 11) is 1.70. The molecule has 1 atom stereocenters. The summed E-state index contributed by atoms with van der Waals surface area (Å²) in [4.78, 5) is 25.9. The van der Waals surface area contributed by atoms with E-state index in [1.165, 1.54) is 6.07 Å². The minimum atomic E-state index is -0.389. The van der Waals surface area contributed by atoms with Crippen LogP contribution < -0.4 is 19.8 Å². The van der Waals surface area contributed by atoms with E-state index >= 15 is 0 Å². The second-order valence-corrected chi connectivity index (χ2v) is 7.56. The number of likely N-dealkylation sites (N-methyl/N-ethyl adjacent to an activating group) is 1. The number of nitrogens with zero attached hydrogens (tertiary/aromatic N) is 1. The molecular formula is C24H25NO6. The summed E-state index contributed by atoms with van der Waals surface area (Å²) >= 11 is 0. The molecule has 4 rings (SSSR count). The zero-order valence-corrected chi connectivity index (χ0v) is 17.6. The van der Waals surface area contributed by atoms with E-state index in [0.29, 0.717) is 36.0 Å². The smallest absolute Gasteiger partial charge is 0.336 e. The fourth-order valence-corrected chi connectivity index (χ4v) is 3.59. The first kappa shape index (κ1) is 20.8. The maximum Gasteiger partial charge on any atom is 0.336 e. The topological polar surface area (TPSA) is 78.2 Å². The van der Waals surface area contributed by atoms with Gasteiger partial charge in [0.2, 0.25) is 0 Å². The number of ether oxygens (including phenoxy) is 3. The largest absolute Gasteiger partial charge is 0.486 e. The molecule has 7 heteroatoms. The molecule has 31 heavy (non-hydrogen) atoms. The molecular weight excluding hydrogens is 398 g/mol. The van der Waals surface area contributed by atoms with Crippen LogP contribution in [0.2, 0.25) is 0 Å². The van der Waals surface area contributed by atoms with E-state index in [9.17, 15) is 9.59 Å². The molecule has 0 aliphatic carbocycles. The number of carbonyl (C=O) groups is 1. The third kappa shape index (κ3) is 4.82. The molecule has 0 N–H and O–H groups in total. The Balaban J connectivity index is 1.36. The van der Waals surface area contributed by atoms with Crippen LogP contribution in [0.25, 0.3) is 11.0 Å². The second-order valence-electron chi connectivity index (χ2n) is 7.56. The van der Waals surface area contributed by atoms with Crippen LogP contribution in [-0.4, -0.2) is 43.7 Å². The van der Waals surface area contributed by atoms with Gasteiger partial charge in [0.15, 0.2) is 24.2 Å². The number of amides is 1. The van der Waals surface area contributed by atoms with Gasteiger partial charge in [-0.05, 0) is 36.2 Å². The van der Waals surface area contributed by atoms with Crippen molar-refractivity contribution in [3.8, 4) is 17.2 Å². The molecule has 0 saturated heterocycles. The first-order valence-corrected chi connectivity index (χ1v) is 10.4. The molecule has 0 fully saturated rings. The molecule has 7 nitrogen and oxygen atoms in total. The highest BCUT2D eigenvalue weighted by molar-refractivity contribution is 5.82. The number of hydrogen-bond donors (Lipinski definition) is 0. The molecule has 3 aromatic rings. The minimum Gasteiger partial charge on any atom is -0.486 e. The number of aryl methyl sites for hydroxylation is 1. The normalized spacial score (nSPS) is 15.0. The maximum atomic E-state index is 12.5. The lowest BCUT2D eigenvalue weighted by Gasteiger charge is -2.29. The molecule has 1 amide bonds. The van der Waals surface area contributed by atoms with Gasteiger partial charge in [-0.2, -0.15) is 0 Å². The van der Waals surface area contributed by atoms with Gasteiger partial charge in [-0.15, -0.1) is 0 Å². The monoisotopic (exact) mass is 423 g/mol. The zero-order valence-electron chi connectivity index (χ0n) is 17.6. The Morgan fingerprint density at radius 3 is 2.77 bits per heavy atom. The lowest BCUT2D eigenvalue weighted by Crippen LogP contribution is -2.43. The predicted octanol–water partition coefficient (Wildman–Crippen LogP) is 3.42. The molecule has 1 aliphatic rings. The summed E-state index contributed by atoms with van der Waals surface area (Å²) < 4.78 is 22.6. The number of rotatable bonds is 7. The predicted molar refractivity (Wildman–Crippen MR) is 116 cm³/mol. The van der Waals surface area contributed by atoms with Crippen molar-refractivity contribution in [2.75, 3.05) is 26.8 Å². The standard InChI is InChI=1S/C24H25NO6/c1-3-6-16-11-24(27)31-22-12-17(9-10-19(16)22)28-15-23(26)25(2)13-18-14-29-20-7-4-5-8-21(20)30-18/h4-5,7-12,18H,3,6,13-15H2,1-2H3/t18-/m1/s1. The van der Waals surface area contributed by atoms with E-state index in [-0.39, 0.29) is 24.2 Å². The molecule has 0 unspecified atom stereocenters. The van der Waals surface area contributed by atoms with Gasteiger partial charge in [0.1, 0.15) is 17.9 Å². The number of fused-ring (bicyclic) bond motifs is 2. The summed E-state index contributed by atoms with van der Waals surface area (Å²) in [5.74, 6) is 1.66. The van der Waals surface area contributed by atoms with E-state index in [1.54, 1.807) is 24.1 Å². The van der Waals surface area contributed by atoms with E-state index in [1.807, 2.05) is 30.3 Å². The highest BCUT2D eigenvalue weighted by atomic mass is 16.6. The summed E-state index contributed by atoms with van der Waals surface area (Å²) in [5.41, 5.74) is 1.02. The van der Waals surface area contributed by atoms with Crippen LogP contribution in [-0.2, 0) is 11.2 Å². The minimum absolute atomic E-state index is 0.134. The summed E-state index contributed by atoms with van der Waals surface area (Å²) in [6, 6.07) is 14.3. The van der Waals surface area contributed by atoms with Gasteiger partial charge in [0, 0.05) is 24.6 Å². The van der Waals surface area contributed by atoms with Crippen molar-refractivity contribution in [2.24, 2.45) is 0 Å². The van der Waals surface area contributed by atoms with Crippen LogP contribution in [0, 0.1) is 0 Å². The molecule has 2 heterocycles. The van der Waals surface area contributed by atoms with Crippen LogP contribution in [0.4, 0.5) is 0 Å². The van der Waals surface area contributed by atoms with Crippen molar-refractivity contribution in [3.63, 3.8) is 0 Å². The van der Waals surface area contributed by atoms with Crippen molar-refractivity contribution >= 4 is 16.9 Å². The van der Waals surface area contributed by atoms with Crippen molar-refractivity contribution in [1.82, 2.24) is 4.90 Å². The number of para-hydroxylation sites is 2. The van der Waals surface area contributed by atoms with E-state index in [2.05, 4.69) is 6.92 Å². The number of carbonyl (C=O) groups excluding carboxylic acids is 1. The molecule has 0 saturated carbocycles. The SMILES string of the molecule is CCCc1cc(=O)oc2cc(OCC(=O)N(C)C[C@@H]3COc4ccccc4O3)ccc12. The highest BCUT2D eigenvalue weighted by Gasteiger charge is 2.24. The van der Waals surface area contributed by atoms with Crippen LogP contribution in [0.3, 0.4) is 0 Å². The van der Waals surface area contributed by atoms with E-state index < -0.39 is 0 Å². The van der Waals surface area contributed by atoms with Gasteiger partial charge in [-0.1, -0.05) is 25.5 Å². The Kier molecular flexibility index (Phi) is 6.11. The summed E-state index contributed by atoms with van der Waals surface area (Å²) in [6.45, 7) is 2.68. The first-order chi connectivity index (χ1) is 15.0. The van der Waals surface area contributed by atoms with Crippen LogP contribution in [0.15, 0.2) is 57.7 Å². The Bertz CT molecular complexity index is 1140. The molecule has 1 aliphatic heterocycles. The Morgan fingerprint density at radius 2 is 1.97 bits per heavy atom. The maximum absolute atomic E-state index is 12.5. The Hall–Kier alpha value is -3.48. The zero-order chi connectivity index (χ0) is 21.8. The third-order valence-corrected chi connectivity index (χ3v) is 5.15. The lowest BCUT2D eigenvalue weighted by atomic mass is 10.1. The fourth-order valence-electron chi connectivity index (χ4n) is 3.59. The van der Waals surface area contributed by atoms with E-state index in [4.69, 9.17) is 18.6 Å². The lowest BCUT2D eigenvalue weighted by molar-refractivity contribution is -0.133. The first-order valence-electron chi connectivity index (χ1n) is 10.4. The molecule has 1 aromatic heterocycles. The molecule has 0 radical (unpaired) electrons. The van der Waals surface area contributed by atoms with Gasteiger partial charge < -0.3 is 23.5 Å². The van der Waals surface area contributed by atoms with Gasteiger partial charge in [-0.25, -0.2) is 4.79 Å². The van der Waals surface area contributed by atoms with Crippen molar-refractivity contribution in [1.29, 1.82) is 0 Å². The molecule has 162 valence electrons. The molecule has 2 aromatic carbocycles. The average Bonchev–Trinajstić information content (AvgIpc) is 2.77. The van der Waals surface area contributed by atoms with E-state index in [0.717, 1.165) is 23.8 Å². The number of hydrogen-bond acceptors (Lipinski definition) is 6. The van der Waals surface area contributed by atoms with Gasteiger partial charge in [0.05, 0.1) is 6.54 Å². The third-order valence-electron chi connectivity index (χ3n) is 5.15. The summed E-state index contributed by atoms with van der Waals surface area (Å²) in [6.07, 6.45) is 1.47. The van der Waals surface area contributed by atoms with Crippen molar-refractivity contribution in [3.05, 3.63) is 64.5 Å². The molecule has 0 bridgehead atoms. The van der Waals surface area contributed by atoms with Gasteiger partial charge in [0.25, 0.3) is 5.91 Å². The van der Waals surface area contributed by atoms with Crippen molar-refractivity contribution in [2.45, 2.75) is 25.9 Å². The Labute approximate surface area is 180 Å². The van der Waals surface area contributed by atoms with Gasteiger partial charge in [-0.3, -0.25) is 4.79 Å². The molecule has 0 spiro atoms. The second kappa shape index (κ2) is 9.12. The highest BCUT2D eigenvalue weighted by Crippen LogP contribution is 2.31.